The molecule has 2 amide bonds. The van der Waals surface area contributed by atoms with Crippen LogP contribution in [0.1, 0.15) is 147 Å². The van der Waals surface area contributed by atoms with E-state index in [9.17, 15) is 19.5 Å². The number of nitrogens with zero attached hydrogens (tertiary/aromatic N) is 6. The molecule has 4 fully saturated rings. The molecule has 2 aliphatic heterocycles. The van der Waals surface area contributed by atoms with Crippen molar-refractivity contribution in [1.29, 1.82) is 0 Å². The zero-order chi connectivity index (χ0) is 57.3. The monoisotopic (exact) mass is 906 g/mol. The predicted molar refractivity (Wildman–Crippen MR) is 247 cm³/mol. The van der Waals surface area contributed by atoms with Crippen molar-refractivity contribution in [3.63, 3.8) is 0 Å². The van der Waals surface area contributed by atoms with E-state index in [2.05, 4.69) is 30.4 Å². The number of aliphatic carboxylic acids is 1. The minimum absolute atomic E-state index is 0.0304. The standard InChI is InChI=1S/C50H63ClN8O5/c1-32-33(7-5-9-35(32)54-44(60)42-52-37-28-59(24-12-39(37)56(42)2)26-22-48-17-19-50(30-48,20-18-48)46(62)63)34-8-6-10-36(41(34)51)55-45(61)43-53-38-27-58(23-11-40(38)57(43)3)25-21-47-13-15-49(29-47,16-14-47)31-64-4/h5-10H,11-31H2,1-4H3,(H,54,60)(H,55,61)(H,62,63)/i2D3,3D3,4D3,5D,6D,7D,8D,9D,10D. The third-order valence-electron chi connectivity index (χ3n) is 16.1. The number of fused-ring (bicyclic) bond motifs is 6. The van der Waals surface area contributed by atoms with Crippen molar-refractivity contribution in [1.82, 2.24) is 28.9 Å². The number of carbonyl (C=O) groups excluding carboxylic acids is 2. The summed E-state index contributed by atoms with van der Waals surface area (Å²) in [7, 11) is -2.46. The van der Waals surface area contributed by atoms with Crippen LogP contribution in [0.3, 0.4) is 0 Å². The van der Waals surface area contributed by atoms with E-state index in [0.717, 1.165) is 66.9 Å². The number of carbonyl (C=O) groups is 3. The van der Waals surface area contributed by atoms with Gasteiger partial charge in [0.05, 0.1) is 46.5 Å². The van der Waals surface area contributed by atoms with Gasteiger partial charge in [0, 0.05) is 90.9 Å². The molecule has 4 heterocycles. The first-order valence-corrected chi connectivity index (χ1v) is 22.7. The van der Waals surface area contributed by atoms with Crippen LogP contribution in [-0.2, 0) is 49.4 Å². The van der Waals surface area contributed by atoms with Crippen LogP contribution in [-0.4, -0.2) is 91.6 Å². The fourth-order valence-corrected chi connectivity index (χ4v) is 12.5. The second-order valence-corrected chi connectivity index (χ2v) is 20.1. The highest BCUT2D eigenvalue weighted by molar-refractivity contribution is 6.36. The number of hydrogen-bond donors (Lipinski definition) is 3. The van der Waals surface area contributed by atoms with Crippen molar-refractivity contribution in [2.24, 2.45) is 35.6 Å². The van der Waals surface area contributed by atoms with Crippen molar-refractivity contribution >= 4 is 40.8 Å². The van der Waals surface area contributed by atoms with E-state index in [0.29, 0.717) is 68.2 Å². The molecule has 10 rings (SSSR count). The van der Waals surface area contributed by atoms with Gasteiger partial charge < -0.3 is 29.6 Å². The number of nitrogens with one attached hydrogen (secondary N) is 2. The van der Waals surface area contributed by atoms with Crippen molar-refractivity contribution < 1.29 is 44.8 Å². The third kappa shape index (κ3) is 7.57. The summed E-state index contributed by atoms with van der Waals surface area (Å²) in [5.74, 6) is -3.94. The number of rotatable bonds is 14. The van der Waals surface area contributed by atoms with Crippen molar-refractivity contribution in [3.05, 3.63) is 81.3 Å². The molecule has 2 aromatic carbocycles. The first-order valence-electron chi connectivity index (χ1n) is 29.9. The Morgan fingerprint density at radius 2 is 1.30 bits per heavy atom. The summed E-state index contributed by atoms with van der Waals surface area (Å²) < 4.78 is 134. The highest BCUT2D eigenvalue weighted by Gasteiger charge is 2.58. The minimum Gasteiger partial charge on any atom is -0.481 e. The second-order valence-electron chi connectivity index (χ2n) is 19.7. The lowest BCUT2D eigenvalue weighted by atomic mass is 9.80. The summed E-state index contributed by atoms with van der Waals surface area (Å²) >= 11 is 7.00. The van der Waals surface area contributed by atoms with Crippen LogP contribution in [0, 0.1) is 28.6 Å². The van der Waals surface area contributed by atoms with E-state index in [1.54, 1.807) is 0 Å². The maximum Gasteiger partial charge on any atom is 0.309 e. The molecule has 64 heavy (non-hydrogen) atoms. The predicted octanol–water partition coefficient (Wildman–Crippen LogP) is 8.42. The zero-order valence-electron chi connectivity index (χ0n) is 51.0. The molecule has 0 atom stereocenters. The molecule has 13 nitrogen and oxygen atoms in total. The van der Waals surface area contributed by atoms with Gasteiger partial charge >= 0.3 is 5.97 Å². The van der Waals surface area contributed by atoms with Crippen molar-refractivity contribution in [3.8, 4) is 11.1 Å². The van der Waals surface area contributed by atoms with E-state index in [1.807, 2.05) is 0 Å². The van der Waals surface area contributed by atoms with Gasteiger partial charge in [0.2, 0.25) is 0 Å². The van der Waals surface area contributed by atoms with Gasteiger partial charge in [0.15, 0.2) is 11.6 Å². The van der Waals surface area contributed by atoms with Gasteiger partial charge in [-0.2, -0.15) is 0 Å². The normalized spacial score (nSPS) is 31.2. The number of hydrogen-bond acceptors (Lipinski definition) is 8. The third-order valence-corrected chi connectivity index (χ3v) is 16.5. The van der Waals surface area contributed by atoms with Gasteiger partial charge in [-0.15, -0.1) is 0 Å². The molecular weight excluding hydrogens is 828 g/mol. The smallest absolute Gasteiger partial charge is 0.309 e. The number of anilines is 2. The number of amides is 2. The number of aromatic nitrogens is 4. The second kappa shape index (κ2) is 16.4. The SMILES string of the molecule is [2H]c1c([2H])c(NC(=O)c2nc3c(n2C([2H])([2H])[2H])CCN(CCC24CCC(C(=O)O)(CC2)C4)C3)c(C)c(-c2c([2H])c([2H])c([2H])c(NC(=O)c3nc4c(n3C([2H])([2H])[2H])CCN(CCC35CCC(COC([2H])([2H])[2H])(CC3)C5)C4)c2Cl)c1[2H]. The van der Waals surface area contributed by atoms with Crippen LogP contribution in [0.4, 0.5) is 11.4 Å². The fourth-order valence-electron chi connectivity index (χ4n) is 12.3. The number of ether oxygens (including phenoxy) is 1. The first-order chi connectivity index (χ1) is 36.8. The van der Waals surface area contributed by atoms with E-state index in [4.69, 9.17) is 36.9 Å². The van der Waals surface area contributed by atoms with Crippen molar-refractivity contribution in [2.75, 3.05) is 50.5 Å². The Morgan fingerprint density at radius 3 is 1.86 bits per heavy atom. The van der Waals surface area contributed by atoms with Gasteiger partial charge in [-0.1, -0.05) is 35.8 Å². The highest BCUT2D eigenvalue weighted by Crippen LogP contribution is 2.64. The Hall–Kier alpha value is -4.56. The highest BCUT2D eigenvalue weighted by atomic mass is 35.5. The van der Waals surface area contributed by atoms with E-state index in [1.165, 1.54) is 6.92 Å². The lowest BCUT2D eigenvalue weighted by Gasteiger charge is -2.32. The molecule has 4 aromatic rings. The van der Waals surface area contributed by atoms with Crippen LogP contribution in [0.5, 0.6) is 0 Å². The van der Waals surface area contributed by atoms with Crippen LogP contribution in [0.2, 0.25) is 5.02 Å². The number of carboxylic acid groups (broad SMARTS) is 1. The summed E-state index contributed by atoms with van der Waals surface area (Å²) in [5.41, 5.74) is -1.29. The fraction of sp³-hybridized carbons (Fsp3) is 0.580. The molecule has 3 N–H and O–H groups in total. The van der Waals surface area contributed by atoms with Crippen LogP contribution >= 0.6 is 11.6 Å². The lowest BCUT2D eigenvalue weighted by Crippen LogP contribution is -2.34. The molecule has 0 saturated heterocycles. The van der Waals surface area contributed by atoms with Crippen molar-refractivity contribution in [2.45, 2.75) is 110 Å². The molecule has 4 aliphatic carbocycles. The number of halogens is 1. The Labute approximate surface area is 402 Å². The number of methoxy groups -OCH3 is 1. The van der Waals surface area contributed by atoms with Gasteiger partial charge in [-0.25, -0.2) is 9.97 Å². The van der Waals surface area contributed by atoms with Crippen LogP contribution in [0.15, 0.2) is 36.3 Å². The average Bonchev–Trinajstić information content (AvgIpc) is 4.28. The summed E-state index contributed by atoms with van der Waals surface area (Å²) in [6.07, 6.45) is 10.2. The zero-order valence-corrected chi connectivity index (χ0v) is 36.7. The van der Waals surface area contributed by atoms with E-state index >= 15 is 0 Å². The Balaban J connectivity index is 0.894. The molecule has 0 unspecified atom stereocenters. The number of benzene rings is 2. The minimum atomic E-state index is -2.89. The molecule has 4 bridgehead atoms. The summed E-state index contributed by atoms with van der Waals surface area (Å²) in [6, 6.07) is -4.29. The first kappa shape index (κ1) is 29.2. The molecule has 6 aliphatic rings. The largest absolute Gasteiger partial charge is 0.481 e. The van der Waals surface area contributed by atoms with Gasteiger partial charge in [-0.05, 0) is 137 Å². The Kier molecular flexibility index (Phi) is 7.47. The molecule has 0 spiro atoms. The molecular formula is C50H63ClN8O5. The number of imidazole rings is 2. The summed E-state index contributed by atoms with van der Waals surface area (Å²) in [5, 5.41) is 14.4. The van der Waals surface area contributed by atoms with Gasteiger partial charge in [-0.3, -0.25) is 24.2 Å². The molecule has 2 aromatic heterocycles. The maximum absolute atomic E-state index is 14.4. The topological polar surface area (TPSA) is 147 Å². The Bertz CT molecular complexity index is 3170. The summed E-state index contributed by atoms with van der Waals surface area (Å²) in [6.45, 7) is -1.57. The number of carboxylic acids is 1. The molecule has 0 radical (unpaired) electrons. The van der Waals surface area contributed by atoms with Gasteiger partial charge in [0.25, 0.3) is 11.8 Å². The van der Waals surface area contributed by atoms with E-state index < -0.39 is 108 Å². The van der Waals surface area contributed by atoms with Crippen LogP contribution in [0.25, 0.3) is 11.1 Å². The summed E-state index contributed by atoms with van der Waals surface area (Å²) in [4.78, 5) is 54.2. The van der Waals surface area contributed by atoms with Crippen LogP contribution < -0.4 is 10.6 Å². The maximum atomic E-state index is 14.4. The quantitative estimate of drug-likeness (QED) is 0.114. The van der Waals surface area contributed by atoms with E-state index in [-0.39, 0.29) is 65.6 Å². The lowest BCUT2D eigenvalue weighted by molar-refractivity contribution is -0.148. The molecule has 4 saturated carbocycles. The average molecular weight is 907 g/mol. The Morgan fingerprint density at radius 1 is 0.766 bits per heavy atom. The molecule has 14 heteroatoms. The molecule has 340 valence electrons. The van der Waals surface area contributed by atoms with Gasteiger partial charge in [0.1, 0.15) is 0 Å².